The largest absolute Gasteiger partial charge is 0.504 e. The lowest BCUT2D eigenvalue weighted by Crippen LogP contribution is -2.09. The second-order valence-electron chi connectivity index (χ2n) is 5.67. The molecule has 0 aliphatic rings. The second kappa shape index (κ2) is 5.25. The number of nitrogens with zero attached hydrogens (tertiary/aromatic N) is 3. The van der Waals surface area contributed by atoms with Crippen molar-refractivity contribution in [1.29, 1.82) is 0 Å². The molecule has 0 spiro atoms. The third-order valence-electron chi connectivity index (χ3n) is 4.06. The van der Waals surface area contributed by atoms with E-state index in [1.807, 2.05) is 0 Å². The molecule has 6 nitrogen and oxygen atoms in total. The van der Waals surface area contributed by atoms with E-state index >= 15 is 0 Å². The molecule has 0 fully saturated rings. The van der Waals surface area contributed by atoms with Crippen molar-refractivity contribution in [1.82, 2.24) is 14.4 Å². The maximum absolute atomic E-state index is 13.3. The van der Waals surface area contributed by atoms with E-state index in [4.69, 9.17) is 5.73 Å². The van der Waals surface area contributed by atoms with Crippen LogP contribution in [0.4, 0.5) is 19.0 Å². The fraction of sp³-hybridized carbons (Fsp3) is 0.0588. The average molecular weight is 360 g/mol. The van der Waals surface area contributed by atoms with Gasteiger partial charge in [0, 0.05) is 5.56 Å². The number of hydrogen-bond acceptors (Lipinski definition) is 5. The van der Waals surface area contributed by atoms with E-state index in [0.717, 1.165) is 6.07 Å². The van der Waals surface area contributed by atoms with Crippen LogP contribution < -0.4 is 5.73 Å². The van der Waals surface area contributed by atoms with Crippen molar-refractivity contribution >= 4 is 22.5 Å². The highest BCUT2D eigenvalue weighted by atomic mass is 19.4. The number of aromatic hydroxyl groups is 2. The van der Waals surface area contributed by atoms with Gasteiger partial charge in [0.05, 0.1) is 23.0 Å². The van der Waals surface area contributed by atoms with E-state index in [-0.39, 0.29) is 34.0 Å². The van der Waals surface area contributed by atoms with Gasteiger partial charge in [0.1, 0.15) is 5.52 Å². The molecule has 0 amide bonds. The Labute approximate surface area is 144 Å². The zero-order valence-corrected chi connectivity index (χ0v) is 13.0. The molecule has 0 aliphatic heterocycles. The van der Waals surface area contributed by atoms with Gasteiger partial charge in [0.15, 0.2) is 23.0 Å². The first kappa shape index (κ1) is 16.0. The molecule has 26 heavy (non-hydrogen) atoms. The first-order valence-electron chi connectivity index (χ1n) is 7.42. The summed E-state index contributed by atoms with van der Waals surface area (Å²) in [4.78, 5) is 8.03. The Kier molecular flexibility index (Phi) is 3.23. The van der Waals surface area contributed by atoms with Crippen molar-refractivity contribution < 1.29 is 23.4 Å². The first-order valence-corrected chi connectivity index (χ1v) is 7.42. The number of aromatic nitrogens is 3. The molecule has 132 valence electrons. The molecule has 9 heteroatoms. The van der Waals surface area contributed by atoms with Crippen LogP contribution in [0.1, 0.15) is 5.56 Å². The summed E-state index contributed by atoms with van der Waals surface area (Å²) < 4.78 is 41.4. The topological polar surface area (TPSA) is 96.7 Å². The van der Waals surface area contributed by atoms with E-state index in [9.17, 15) is 23.4 Å². The Hall–Kier alpha value is -3.49. The molecule has 0 saturated carbocycles. The monoisotopic (exact) mass is 360 g/mol. The second-order valence-corrected chi connectivity index (χ2v) is 5.67. The number of anilines is 1. The number of fused-ring (bicyclic) bond motifs is 3. The summed E-state index contributed by atoms with van der Waals surface area (Å²) in [5, 5.41) is 19.2. The lowest BCUT2D eigenvalue weighted by molar-refractivity contribution is -0.136. The van der Waals surface area contributed by atoms with Crippen LogP contribution in [0.2, 0.25) is 0 Å². The number of phenolic OH excluding ortho intramolecular Hbond substituents is 2. The summed E-state index contributed by atoms with van der Waals surface area (Å²) >= 11 is 0. The van der Waals surface area contributed by atoms with E-state index in [0.29, 0.717) is 11.3 Å². The average Bonchev–Trinajstić information content (AvgIpc) is 3.02. The molecule has 4 N–H and O–H groups in total. The number of benzene rings is 2. The van der Waals surface area contributed by atoms with Crippen LogP contribution in [-0.2, 0) is 6.18 Å². The fourth-order valence-electron chi connectivity index (χ4n) is 2.89. The van der Waals surface area contributed by atoms with Crippen LogP contribution in [0.25, 0.3) is 27.9 Å². The Bertz CT molecular complexity index is 1170. The van der Waals surface area contributed by atoms with Crippen molar-refractivity contribution in [2.75, 3.05) is 5.73 Å². The third-order valence-corrected chi connectivity index (χ3v) is 4.06. The SMILES string of the molecule is Nc1nc2c(C(F)(F)F)cccc2n2c(-c3ccc(O)c(O)c3)cnc12. The molecule has 2 aromatic carbocycles. The summed E-state index contributed by atoms with van der Waals surface area (Å²) in [6.45, 7) is 0. The van der Waals surface area contributed by atoms with Gasteiger partial charge >= 0.3 is 6.18 Å². The van der Waals surface area contributed by atoms with Gasteiger partial charge in [-0.15, -0.1) is 0 Å². The highest BCUT2D eigenvalue weighted by Gasteiger charge is 2.34. The van der Waals surface area contributed by atoms with Gasteiger partial charge < -0.3 is 15.9 Å². The molecular weight excluding hydrogens is 349 g/mol. The minimum absolute atomic E-state index is 0.150. The molecule has 0 radical (unpaired) electrons. The van der Waals surface area contributed by atoms with Gasteiger partial charge in [-0.25, -0.2) is 9.97 Å². The summed E-state index contributed by atoms with van der Waals surface area (Å²) in [5.74, 6) is -0.823. The van der Waals surface area contributed by atoms with Crippen LogP contribution in [0.3, 0.4) is 0 Å². The van der Waals surface area contributed by atoms with Crippen molar-refractivity contribution in [2.24, 2.45) is 0 Å². The lowest BCUT2D eigenvalue weighted by atomic mass is 10.1. The minimum atomic E-state index is -4.59. The molecule has 0 unspecified atom stereocenters. The lowest BCUT2D eigenvalue weighted by Gasteiger charge is -2.13. The normalized spacial score (nSPS) is 12.1. The molecule has 4 rings (SSSR count). The number of nitrogen functional groups attached to an aromatic ring is 1. The van der Waals surface area contributed by atoms with Gasteiger partial charge in [-0.1, -0.05) is 6.07 Å². The molecule has 0 aliphatic carbocycles. The standard InChI is InChI=1S/C17H11F3N4O2/c18-17(19,20)9-2-1-3-10-14(9)23-15(21)16-22-7-11(24(10)16)8-4-5-12(25)13(26)6-8/h1-7,25-26H,(H2,21,23). The Morgan fingerprint density at radius 2 is 1.81 bits per heavy atom. The highest BCUT2D eigenvalue weighted by Crippen LogP contribution is 2.37. The number of nitrogens with two attached hydrogens (primary N) is 1. The Balaban J connectivity index is 2.13. The minimum Gasteiger partial charge on any atom is -0.504 e. The van der Waals surface area contributed by atoms with Gasteiger partial charge in [-0.2, -0.15) is 13.2 Å². The quantitative estimate of drug-likeness (QED) is 0.451. The number of para-hydroxylation sites is 1. The number of rotatable bonds is 1. The number of phenols is 2. The fourth-order valence-corrected chi connectivity index (χ4v) is 2.89. The zero-order valence-electron chi connectivity index (χ0n) is 13.0. The smallest absolute Gasteiger partial charge is 0.418 e. The molecule has 2 heterocycles. The van der Waals surface area contributed by atoms with Crippen LogP contribution in [-0.4, -0.2) is 24.6 Å². The molecule has 0 saturated heterocycles. The number of imidazole rings is 1. The highest BCUT2D eigenvalue weighted by molar-refractivity contribution is 5.88. The van der Waals surface area contributed by atoms with Crippen molar-refractivity contribution in [3.8, 4) is 22.8 Å². The van der Waals surface area contributed by atoms with Crippen LogP contribution in [0, 0.1) is 0 Å². The van der Waals surface area contributed by atoms with Gasteiger partial charge in [0.2, 0.25) is 0 Å². The van der Waals surface area contributed by atoms with Crippen LogP contribution in [0.5, 0.6) is 11.5 Å². The van der Waals surface area contributed by atoms with Gasteiger partial charge in [0.25, 0.3) is 0 Å². The van der Waals surface area contributed by atoms with Crippen molar-refractivity contribution in [2.45, 2.75) is 6.18 Å². The maximum Gasteiger partial charge on any atom is 0.418 e. The van der Waals surface area contributed by atoms with Crippen molar-refractivity contribution in [3.05, 3.63) is 48.2 Å². The number of alkyl halides is 3. The van der Waals surface area contributed by atoms with E-state index in [1.54, 1.807) is 0 Å². The van der Waals surface area contributed by atoms with E-state index in [2.05, 4.69) is 9.97 Å². The van der Waals surface area contributed by atoms with Crippen LogP contribution >= 0.6 is 0 Å². The first-order chi connectivity index (χ1) is 12.3. The zero-order chi connectivity index (χ0) is 18.6. The Morgan fingerprint density at radius 3 is 2.50 bits per heavy atom. The molecule has 4 aromatic rings. The van der Waals surface area contributed by atoms with Gasteiger partial charge in [-0.05, 0) is 30.3 Å². The van der Waals surface area contributed by atoms with E-state index in [1.165, 1.54) is 40.9 Å². The number of hydrogen-bond donors (Lipinski definition) is 3. The predicted molar refractivity (Wildman–Crippen MR) is 88.7 cm³/mol. The third kappa shape index (κ3) is 2.28. The summed E-state index contributed by atoms with van der Waals surface area (Å²) in [6.07, 6.45) is -3.18. The summed E-state index contributed by atoms with van der Waals surface area (Å²) in [7, 11) is 0. The summed E-state index contributed by atoms with van der Waals surface area (Å²) in [6, 6.07) is 7.76. The molecule has 0 atom stereocenters. The van der Waals surface area contributed by atoms with Gasteiger partial charge in [-0.3, -0.25) is 4.40 Å². The number of halogens is 3. The maximum atomic E-state index is 13.3. The predicted octanol–water partition coefficient (Wildman–Crippen LogP) is 3.56. The van der Waals surface area contributed by atoms with Crippen LogP contribution in [0.15, 0.2) is 42.6 Å². The Morgan fingerprint density at radius 1 is 1.04 bits per heavy atom. The summed E-state index contributed by atoms with van der Waals surface area (Å²) in [5.41, 5.74) is 5.83. The molecular formula is C17H11F3N4O2. The molecule has 0 bridgehead atoms. The molecule has 2 aromatic heterocycles. The van der Waals surface area contributed by atoms with Crippen molar-refractivity contribution in [3.63, 3.8) is 0 Å². The van der Waals surface area contributed by atoms with E-state index < -0.39 is 11.7 Å².